The minimum absolute atomic E-state index is 0.0473. The van der Waals surface area contributed by atoms with Gasteiger partial charge >= 0.3 is 7.15 Å². The van der Waals surface area contributed by atoms with Crippen LogP contribution in [0.4, 0.5) is 0 Å². The Balaban J connectivity index is 2.17. The normalized spacial score (nSPS) is 24.9. The second-order valence-corrected chi connectivity index (χ2v) is 5.24. The summed E-state index contributed by atoms with van der Waals surface area (Å²) in [5.41, 5.74) is 1.08. The lowest BCUT2D eigenvalue weighted by Gasteiger charge is -2.14. The van der Waals surface area contributed by atoms with Crippen LogP contribution in [-0.4, -0.2) is 6.61 Å². The Labute approximate surface area is 93.8 Å². The summed E-state index contributed by atoms with van der Waals surface area (Å²) in [4.78, 5) is 0. The molecule has 0 bridgehead atoms. The van der Waals surface area contributed by atoms with Gasteiger partial charge in [0.25, 0.3) is 0 Å². The highest BCUT2D eigenvalue weighted by molar-refractivity contribution is 8.00. The van der Waals surface area contributed by atoms with Crippen molar-refractivity contribution in [3.05, 3.63) is 34.9 Å². The molecule has 0 N–H and O–H groups in total. The molecule has 1 aromatic carbocycles. The van der Waals surface area contributed by atoms with Crippen LogP contribution in [0.3, 0.4) is 0 Å². The Morgan fingerprint density at radius 3 is 3.07 bits per heavy atom. The SMILES string of the molecule is S=[P+]1OCC[C@H](c2cccc(Cl)c2)O1. The van der Waals surface area contributed by atoms with Gasteiger partial charge in [0.1, 0.15) is 12.7 Å². The molecular weight excluding hydrogens is 239 g/mol. The van der Waals surface area contributed by atoms with Crippen LogP contribution in [0.5, 0.6) is 0 Å². The van der Waals surface area contributed by atoms with Gasteiger partial charge in [-0.05, 0) is 17.7 Å². The molecule has 74 valence electrons. The summed E-state index contributed by atoms with van der Waals surface area (Å²) in [5.74, 6) is 0. The van der Waals surface area contributed by atoms with Gasteiger partial charge < -0.3 is 0 Å². The summed E-state index contributed by atoms with van der Waals surface area (Å²) in [6.45, 7) is 0.673. The average Bonchev–Trinajstić information content (AvgIpc) is 2.18. The molecule has 14 heavy (non-hydrogen) atoms. The molecule has 0 amide bonds. The zero-order valence-electron chi connectivity index (χ0n) is 7.35. The van der Waals surface area contributed by atoms with Crippen molar-refractivity contribution in [1.82, 2.24) is 0 Å². The Kier molecular flexibility index (Phi) is 3.47. The number of halogens is 1. The van der Waals surface area contributed by atoms with Crippen LogP contribution in [0.1, 0.15) is 18.1 Å². The first kappa shape index (κ1) is 10.5. The molecule has 0 saturated carbocycles. The molecule has 0 spiro atoms. The predicted octanol–water partition coefficient (Wildman–Crippen LogP) is 3.59. The van der Waals surface area contributed by atoms with E-state index in [4.69, 9.17) is 32.5 Å². The Morgan fingerprint density at radius 1 is 1.50 bits per heavy atom. The summed E-state index contributed by atoms with van der Waals surface area (Å²) >= 11 is 10.9. The van der Waals surface area contributed by atoms with E-state index < -0.39 is 7.15 Å². The van der Waals surface area contributed by atoms with Crippen molar-refractivity contribution in [3.63, 3.8) is 0 Å². The van der Waals surface area contributed by atoms with E-state index >= 15 is 0 Å². The molecule has 1 heterocycles. The molecule has 1 aliphatic heterocycles. The number of benzene rings is 1. The van der Waals surface area contributed by atoms with E-state index in [1.807, 2.05) is 24.3 Å². The Hall–Kier alpha value is -0.0500. The molecule has 0 aromatic heterocycles. The van der Waals surface area contributed by atoms with Gasteiger partial charge in [0.2, 0.25) is 11.8 Å². The van der Waals surface area contributed by atoms with Gasteiger partial charge in [-0.1, -0.05) is 23.7 Å². The van der Waals surface area contributed by atoms with E-state index in [1.165, 1.54) is 0 Å². The van der Waals surface area contributed by atoms with Crippen LogP contribution < -0.4 is 0 Å². The minimum Gasteiger partial charge on any atom is -0.142 e. The highest BCUT2D eigenvalue weighted by Gasteiger charge is 2.30. The predicted molar refractivity (Wildman–Crippen MR) is 60.1 cm³/mol. The van der Waals surface area contributed by atoms with Gasteiger partial charge in [-0.3, -0.25) is 0 Å². The first-order valence-electron chi connectivity index (χ1n) is 4.28. The van der Waals surface area contributed by atoms with Gasteiger partial charge in [0, 0.05) is 11.4 Å². The lowest BCUT2D eigenvalue weighted by molar-refractivity contribution is 0.119. The maximum Gasteiger partial charge on any atom is 0.522 e. The third-order valence-corrected chi connectivity index (χ3v) is 3.64. The molecule has 5 heteroatoms. The van der Waals surface area contributed by atoms with Crippen molar-refractivity contribution >= 4 is 30.6 Å². The van der Waals surface area contributed by atoms with Gasteiger partial charge in [-0.2, -0.15) is 0 Å². The van der Waals surface area contributed by atoms with Gasteiger partial charge in [0.15, 0.2) is 0 Å². The molecule has 1 unspecified atom stereocenters. The van der Waals surface area contributed by atoms with Crippen molar-refractivity contribution < 1.29 is 9.05 Å². The summed E-state index contributed by atoms with van der Waals surface area (Å²) < 4.78 is 10.7. The van der Waals surface area contributed by atoms with Gasteiger partial charge in [-0.15, -0.1) is 9.05 Å². The fourth-order valence-electron chi connectivity index (χ4n) is 1.36. The van der Waals surface area contributed by atoms with Gasteiger partial charge in [-0.25, -0.2) is 0 Å². The second kappa shape index (κ2) is 4.65. The van der Waals surface area contributed by atoms with Crippen LogP contribution in [0.2, 0.25) is 5.02 Å². The van der Waals surface area contributed by atoms with E-state index in [-0.39, 0.29) is 6.10 Å². The molecule has 1 aliphatic rings. The van der Waals surface area contributed by atoms with Crippen molar-refractivity contribution in [3.8, 4) is 0 Å². The van der Waals surface area contributed by atoms with Crippen LogP contribution in [0.25, 0.3) is 0 Å². The smallest absolute Gasteiger partial charge is 0.142 e. The maximum absolute atomic E-state index is 5.89. The highest BCUT2D eigenvalue weighted by Crippen LogP contribution is 2.40. The lowest BCUT2D eigenvalue weighted by atomic mass is 10.1. The third kappa shape index (κ3) is 2.50. The van der Waals surface area contributed by atoms with E-state index in [1.54, 1.807) is 0 Å². The molecule has 0 radical (unpaired) electrons. The van der Waals surface area contributed by atoms with Crippen LogP contribution >= 0.6 is 18.8 Å². The molecule has 0 aliphatic carbocycles. The maximum atomic E-state index is 5.89. The summed E-state index contributed by atoms with van der Waals surface area (Å²) in [6.07, 6.45) is 0.890. The highest BCUT2D eigenvalue weighted by atomic mass is 35.5. The van der Waals surface area contributed by atoms with Crippen molar-refractivity contribution in [2.24, 2.45) is 0 Å². The van der Waals surface area contributed by atoms with Crippen LogP contribution in [0.15, 0.2) is 24.3 Å². The average molecular weight is 248 g/mol. The van der Waals surface area contributed by atoms with Crippen LogP contribution in [0, 0.1) is 0 Å². The van der Waals surface area contributed by atoms with E-state index in [9.17, 15) is 0 Å². The molecule has 2 rings (SSSR count). The zero-order chi connectivity index (χ0) is 9.97. The summed E-state index contributed by atoms with van der Waals surface area (Å²) in [7, 11) is -1.12. The lowest BCUT2D eigenvalue weighted by Crippen LogP contribution is -2.08. The van der Waals surface area contributed by atoms with Crippen molar-refractivity contribution in [2.75, 3.05) is 6.61 Å². The summed E-state index contributed by atoms with van der Waals surface area (Å²) in [6, 6.07) is 7.68. The number of rotatable bonds is 1. The first-order valence-corrected chi connectivity index (χ1v) is 6.85. The fraction of sp³-hybridized carbons (Fsp3) is 0.333. The first-order chi connectivity index (χ1) is 6.75. The molecule has 1 aromatic rings. The largest absolute Gasteiger partial charge is 0.522 e. The topological polar surface area (TPSA) is 18.5 Å². The molecular formula is C9H9ClO2PS+. The Bertz CT molecular complexity index is 358. The number of hydrogen-bond acceptors (Lipinski definition) is 3. The molecule has 1 fully saturated rings. The monoisotopic (exact) mass is 247 g/mol. The van der Waals surface area contributed by atoms with E-state index in [2.05, 4.69) is 0 Å². The number of hydrogen-bond donors (Lipinski definition) is 0. The Morgan fingerprint density at radius 2 is 2.36 bits per heavy atom. The quantitative estimate of drug-likeness (QED) is 0.707. The molecule has 1 saturated heterocycles. The van der Waals surface area contributed by atoms with Crippen molar-refractivity contribution in [1.29, 1.82) is 0 Å². The molecule has 2 atom stereocenters. The van der Waals surface area contributed by atoms with E-state index in [0.29, 0.717) is 6.61 Å². The van der Waals surface area contributed by atoms with Crippen LogP contribution in [-0.2, 0) is 20.9 Å². The zero-order valence-corrected chi connectivity index (χ0v) is 9.82. The fourth-order valence-corrected chi connectivity index (χ4v) is 2.84. The second-order valence-electron chi connectivity index (χ2n) is 2.99. The van der Waals surface area contributed by atoms with E-state index in [0.717, 1.165) is 17.0 Å². The third-order valence-electron chi connectivity index (χ3n) is 2.01. The standard InChI is InChI=1S/C9H9ClO2PS/c10-8-3-1-2-7(6-8)9-4-5-11-13(14)12-9/h1-3,6,9H,4-5H2/q+1/t9-/m1/s1. The summed E-state index contributed by atoms with van der Waals surface area (Å²) in [5, 5.41) is 0.728. The van der Waals surface area contributed by atoms with Gasteiger partial charge in [0.05, 0.1) is 0 Å². The minimum atomic E-state index is -1.12. The van der Waals surface area contributed by atoms with Crippen molar-refractivity contribution in [2.45, 2.75) is 12.5 Å². The molecule has 2 nitrogen and oxygen atoms in total.